The molecule has 4 nitrogen and oxygen atoms in total. The highest BCUT2D eigenvalue weighted by molar-refractivity contribution is 7.90. The van der Waals surface area contributed by atoms with Crippen molar-refractivity contribution in [3.8, 4) is 0 Å². The average Bonchev–Trinajstić information content (AvgIpc) is 2.35. The first-order valence-corrected chi connectivity index (χ1v) is 8.23. The van der Waals surface area contributed by atoms with Crippen molar-refractivity contribution in [3.63, 3.8) is 0 Å². The summed E-state index contributed by atoms with van der Waals surface area (Å²) >= 11 is 5.78. The Balaban J connectivity index is 2.84. The molecule has 0 spiro atoms. The average molecular weight is 304 g/mol. The number of sulfone groups is 1. The van der Waals surface area contributed by atoms with Gasteiger partial charge in [0.2, 0.25) is 0 Å². The van der Waals surface area contributed by atoms with Gasteiger partial charge in [-0.05, 0) is 23.6 Å². The summed E-state index contributed by atoms with van der Waals surface area (Å²) in [6.07, 6.45) is 1.11. The van der Waals surface area contributed by atoms with Crippen molar-refractivity contribution in [1.82, 2.24) is 5.32 Å². The topological polar surface area (TPSA) is 63.2 Å². The van der Waals surface area contributed by atoms with E-state index in [0.717, 1.165) is 6.26 Å². The molecule has 19 heavy (non-hydrogen) atoms. The van der Waals surface area contributed by atoms with Crippen LogP contribution in [0.2, 0.25) is 0 Å². The van der Waals surface area contributed by atoms with Crippen LogP contribution in [-0.2, 0) is 9.84 Å². The standard InChI is InChI=1S/C13H18ClNO3S/c1-13(2,8-14)9-15-12(16)10-5-4-6-11(7-10)19(3,17)18/h4-7H,8-9H2,1-3H3,(H,15,16). The van der Waals surface area contributed by atoms with Crippen LogP contribution in [0.4, 0.5) is 0 Å². The number of amides is 1. The minimum atomic E-state index is -3.31. The van der Waals surface area contributed by atoms with E-state index in [-0.39, 0.29) is 16.2 Å². The lowest BCUT2D eigenvalue weighted by molar-refractivity contribution is 0.0939. The van der Waals surface area contributed by atoms with Gasteiger partial charge < -0.3 is 5.32 Å². The van der Waals surface area contributed by atoms with E-state index < -0.39 is 9.84 Å². The van der Waals surface area contributed by atoms with Crippen LogP contribution in [-0.4, -0.2) is 33.0 Å². The molecule has 106 valence electrons. The Bertz CT molecular complexity index is 567. The number of hydrogen-bond acceptors (Lipinski definition) is 3. The highest BCUT2D eigenvalue weighted by atomic mass is 35.5. The Labute approximate surface area is 119 Å². The molecule has 0 radical (unpaired) electrons. The van der Waals surface area contributed by atoms with Crippen LogP contribution in [0.25, 0.3) is 0 Å². The number of carbonyl (C=O) groups excluding carboxylic acids is 1. The van der Waals surface area contributed by atoms with Gasteiger partial charge in [0.1, 0.15) is 0 Å². The summed E-state index contributed by atoms with van der Waals surface area (Å²) in [5.74, 6) is 0.125. The summed E-state index contributed by atoms with van der Waals surface area (Å²) in [6.45, 7) is 4.30. The molecule has 1 aromatic rings. The number of rotatable bonds is 5. The van der Waals surface area contributed by atoms with Crippen molar-refractivity contribution in [1.29, 1.82) is 0 Å². The zero-order valence-electron chi connectivity index (χ0n) is 11.2. The predicted octanol–water partition coefficient (Wildman–Crippen LogP) is 2.08. The summed E-state index contributed by atoms with van der Waals surface area (Å²) < 4.78 is 22.8. The van der Waals surface area contributed by atoms with Gasteiger partial charge in [-0.15, -0.1) is 11.6 Å². The Morgan fingerprint density at radius 2 is 2.00 bits per heavy atom. The molecule has 1 rings (SSSR count). The number of hydrogen-bond donors (Lipinski definition) is 1. The van der Waals surface area contributed by atoms with Crippen LogP contribution >= 0.6 is 11.6 Å². The highest BCUT2D eigenvalue weighted by Gasteiger charge is 2.18. The first-order valence-electron chi connectivity index (χ1n) is 5.80. The van der Waals surface area contributed by atoms with Crippen molar-refractivity contribution in [2.75, 3.05) is 18.7 Å². The minimum absolute atomic E-state index is 0.136. The third kappa shape index (κ3) is 4.84. The number of alkyl halides is 1. The molecule has 0 atom stereocenters. The first kappa shape index (κ1) is 16.0. The van der Waals surface area contributed by atoms with Crippen molar-refractivity contribution < 1.29 is 13.2 Å². The maximum absolute atomic E-state index is 11.9. The fraction of sp³-hybridized carbons (Fsp3) is 0.462. The van der Waals surface area contributed by atoms with Gasteiger partial charge >= 0.3 is 0 Å². The third-order valence-electron chi connectivity index (χ3n) is 2.61. The smallest absolute Gasteiger partial charge is 0.251 e. The SMILES string of the molecule is CC(C)(CCl)CNC(=O)c1cccc(S(C)(=O)=O)c1. The van der Waals surface area contributed by atoms with E-state index in [0.29, 0.717) is 18.0 Å². The van der Waals surface area contributed by atoms with E-state index in [1.165, 1.54) is 12.1 Å². The Kier molecular flexibility index (Phi) is 4.98. The van der Waals surface area contributed by atoms with Gasteiger partial charge in [-0.1, -0.05) is 19.9 Å². The summed E-state index contributed by atoms with van der Waals surface area (Å²) in [5.41, 5.74) is 0.124. The molecule has 6 heteroatoms. The van der Waals surface area contributed by atoms with Gasteiger partial charge in [0.25, 0.3) is 5.91 Å². The quantitative estimate of drug-likeness (QED) is 0.847. The number of nitrogens with one attached hydrogen (secondary N) is 1. The number of carbonyl (C=O) groups is 1. The molecule has 0 fully saturated rings. The van der Waals surface area contributed by atoms with Crippen LogP contribution in [0.3, 0.4) is 0 Å². The fourth-order valence-electron chi connectivity index (χ4n) is 1.34. The molecule has 0 aliphatic carbocycles. The van der Waals surface area contributed by atoms with Gasteiger partial charge in [-0.25, -0.2) is 8.42 Å². The first-order chi connectivity index (χ1) is 8.65. The van der Waals surface area contributed by atoms with Crippen LogP contribution in [0.1, 0.15) is 24.2 Å². The zero-order chi connectivity index (χ0) is 14.7. The van der Waals surface area contributed by atoms with Gasteiger partial charge in [-0.2, -0.15) is 0 Å². The molecule has 1 amide bonds. The summed E-state index contributed by atoms with van der Waals surface area (Å²) in [4.78, 5) is 12.1. The van der Waals surface area contributed by atoms with Crippen molar-refractivity contribution in [3.05, 3.63) is 29.8 Å². The number of benzene rings is 1. The summed E-state index contributed by atoms with van der Waals surface area (Å²) in [6, 6.07) is 5.98. The second kappa shape index (κ2) is 5.92. The van der Waals surface area contributed by atoms with E-state index in [4.69, 9.17) is 11.6 Å². The molecule has 1 N–H and O–H groups in total. The minimum Gasteiger partial charge on any atom is -0.351 e. The van der Waals surface area contributed by atoms with E-state index in [9.17, 15) is 13.2 Å². The van der Waals surface area contributed by atoms with Crippen LogP contribution < -0.4 is 5.32 Å². The van der Waals surface area contributed by atoms with Crippen LogP contribution in [0.5, 0.6) is 0 Å². The maximum atomic E-state index is 11.9. The normalized spacial score (nSPS) is 12.2. The maximum Gasteiger partial charge on any atom is 0.251 e. The fourth-order valence-corrected chi connectivity index (χ4v) is 2.10. The molecule has 0 bridgehead atoms. The summed E-state index contributed by atoms with van der Waals surface area (Å²) in [5, 5.41) is 2.75. The van der Waals surface area contributed by atoms with E-state index in [1.807, 2.05) is 13.8 Å². The van der Waals surface area contributed by atoms with Crippen LogP contribution in [0, 0.1) is 5.41 Å². The molecule has 0 aliphatic heterocycles. The Morgan fingerprint density at radius 1 is 1.37 bits per heavy atom. The van der Waals surface area contributed by atoms with Gasteiger partial charge in [0, 0.05) is 24.2 Å². The lowest BCUT2D eigenvalue weighted by Crippen LogP contribution is -2.35. The number of halogens is 1. The monoisotopic (exact) mass is 303 g/mol. The van der Waals surface area contributed by atoms with Gasteiger partial charge in [-0.3, -0.25) is 4.79 Å². The second-order valence-corrected chi connectivity index (χ2v) is 7.56. The van der Waals surface area contributed by atoms with E-state index in [2.05, 4.69) is 5.32 Å². The lowest BCUT2D eigenvalue weighted by atomic mass is 9.96. The molecule has 0 saturated carbocycles. The second-order valence-electron chi connectivity index (χ2n) is 5.28. The highest BCUT2D eigenvalue weighted by Crippen LogP contribution is 2.16. The van der Waals surface area contributed by atoms with E-state index >= 15 is 0 Å². The molecular formula is C13H18ClNO3S. The van der Waals surface area contributed by atoms with E-state index in [1.54, 1.807) is 12.1 Å². The molecule has 0 aliphatic rings. The molecule has 0 aromatic heterocycles. The predicted molar refractivity (Wildman–Crippen MR) is 76.4 cm³/mol. The molecule has 0 saturated heterocycles. The molecule has 0 unspecified atom stereocenters. The molecule has 1 aromatic carbocycles. The lowest BCUT2D eigenvalue weighted by Gasteiger charge is -2.21. The van der Waals surface area contributed by atoms with Crippen molar-refractivity contribution >= 4 is 27.3 Å². The summed E-state index contributed by atoms with van der Waals surface area (Å²) in [7, 11) is -3.31. The largest absolute Gasteiger partial charge is 0.351 e. The van der Waals surface area contributed by atoms with Gasteiger partial charge in [0.15, 0.2) is 9.84 Å². The molecular weight excluding hydrogens is 286 g/mol. The third-order valence-corrected chi connectivity index (χ3v) is 4.45. The van der Waals surface area contributed by atoms with Gasteiger partial charge in [0.05, 0.1) is 4.90 Å². The molecule has 0 heterocycles. The zero-order valence-corrected chi connectivity index (χ0v) is 12.8. The Hall–Kier alpha value is -1.07. The van der Waals surface area contributed by atoms with Crippen LogP contribution in [0.15, 0.2) is 29.2 Å². The van der Waals surface area contributed by atoms with Crippen molar-refractivity contribution in [2.24, 2.45) is 5.41 Å². The Morgan fingerprint density at radius 3 is 2.53 bits per heavy atom. The van der Waals surface area contributed by atoms with Crippen molar-refractivity contribution in [2.45, 2.75) is 18.7 Å².